The van der Waals surface area contributed by atoms with Crippen molar-refractivity contribution in [3.8, 4) is 5.69 Å². The molecule has 0 atom stereocenters. The van der Waals surface area contributed by atoms with Crippen LogP contribution in [0.4, 0.5) is 10.1 Å². The van der Waals surface area contributed by atoms with Gasteiger partial charge in [0.1, 0.15) is 5.82 Å². The highest BCUT2D eigenvalue weighted by molar-refractivity contribution is 5.93. The van der Waals surface area contributed by atoms with Crippen LogP contribution >= 0.6 is 0 Å². The summed E-state index contributed by atoms with van der Waals surface area (Å²) in [7, 11) is 0. The largest absolute Gasteiger partial charge is 0.347 e. The van der Waals surface area contributed by atoms with Gasteiger partial charge in [-0.2, -0.15) is 0 Å². The number of benzene rings is 2. The molecule has 0 spiro atoms. The lowest BCUT2D eigenvalue weighted by Crippen LogP contribution is -2.24. The zero-order valence-corrected chi connectivity index (χ0v) is 17.1. The summed E-state index contributed by atoms with van der Waals surface area (Å²) >= 11 is 0. The van der Waals surface area contributed by atoms with Crippen molar-refractivity contribution in [1.82, 2.24) is 20.3 Å². The first-order valence-electron chi connectivity index (χ1n) is 9.68. The van der Waals surface area contributed by atoms with Gasteiger partial charge in [0.2, 0.25) is 5.91 Å². The van der Waals surface area contributed by atoms with Gasteiger partial charge in [0.25, 0.3) is 5.91 Å². The van der Waals surface area contributed by atoms with E-state index < -0.39 is 0 Å². The number of amides is 2. The Morgan fingerprint density at radius 2 is 1.87 bits per heavy atom. The first-order chi connectivity index (χ1) is 14.3. The van der Waals surface area contributed by atoms with E-state index in [4.69, 9.17) is 0 Å². The van der Waals surface area contributed by atoms with Gasteiger partial charge in [-0.1, -0.05) is 31.2 Å². The number of hydrogen-bond acceptors (Lipinski definition) is 4. The first-order valence-corrected chi connectivity index (χ1v) is 9.68. The molecule has 0 unspecified atom stereocenters. The predicted molar refractivity (Wildman–Crippen MR) is 112 cm³/mol. The molecule has 2 N–H and O–H groups in total. The van der Waals surface area contributed by atoms with E-state index in [9.17, 15) is 14.0 Å². The molecule has 0 saturated carbocycles. The van der Waals surface area contributed by atoms with Gasteiger partial charge in [0.15, 0.2) is 5.69 Å². The quantitative estimate of drug-likeness (QED) is 0.624. The summed E-state index contributed by atoms with van der Waals surface area (Å²) in [6, 6.07) is 13.1. The highest BCUT2D eigenvalue weighted by Gasteiger charge is 2.17. The SMILES string of the molecule is Cc1c(C(=O)NCc2cccc(NC(=O)CC(C)C)c2)nnn1-c1ccc(F)cc1. The third kappa shape index (κ3) is 5.28. The lowest BCUT2D eigenvalue weighted by atomic mass is 10.1. The second-order valence-electron chi connectivity index (χ2n) is 7.44. The maximum atomic E-state index is 13.1. The van der Waals surface area contributed by atoms with E-state index in [1.54, 1.807) is 19.1 Å². The molecule has 1 heterocycles. The van der Waals surface area contributed by atoms with Gasteiger partial charge in [-0.15, -0.1) is 5.10 Å². The number of anilines is 1. The molecule has 0 bridgehead atoms. The van der Waals surface area contributed by atoms with E-state index in [1.165, 1.54) is 16.8 Å². The van der Waals surface area contributed by atoms with Crippen LogP contribution in [0.3, 0.4) is 0 Å². The standard InChI is InChI=1S/C22H24FN5O2/c1-14(2)11-20(29)25-18-6-4-5-16(12-18)13-24-22(30)21-15(3)28(27-26-21)19-9-7-17(23)8-10-19/h4-10,12,14H,11,13H2,1-3H3,(H,24,30)(H,25,29). The highest BCUT2D eigenvalue weighted by atomic mass is 19.1. The highest BCUT2D eigenvalue weighted by Crippen LogP contribution is 2.14. The lowest BCUT2D eigenvalue weighted by molar-refractivity contribution is -0.116. The van der Waals surface area contributed by atoms with Crippen LogP contribution in [0.2, 0.25) is 0 Å². The average Bonchev–Trinajstić information content (AvgIpc) is 3.08. The van der Waals surface area contributed by atoms with Gasteiger partial charge in [-0.05, 0) is 54.8 Å². The maximum Gasteiger partial charge on any atom is 0.274 e. The average molecular weight is 409 g/mol. The number of hydrogen-bond donors (Lipinski definition) is 2. The summed E-state index contributed by atoms with van der Waals surface area (Å²) in [5.41, 5.74) is 2.89. The lowest BCUT2D eigenvalue weighted by Gasteiger charge is -2.09. The van der Waals surface area contributed by atoms with Gasteiger partial charge in [-0.3, -0.25) is 9.59 Å². The van der Waals surface area contributed by atoms with Crippen LogP contribution in [0.25, 0.3) is 5.69 Å². The van der Waals surface area contributed by atoms with Crippen LogP contribution in [0.15, 0.2) is 48.5 Å². The van der Waals surface area contributed by atoms with E-state index >= 15 is 0 Å². The number of aromatic nitrogens is 3. The summed E-state index contributed by atoms with van der Waals surface area (Å²) in [5.74, 6) is -0.481. The minimum Gasteiger partial charge on any atom is -0.347 e. The Morgan fingerprint density at radius 3 is 2.57 bits per heavy atom. The molecule has 0 aliphatic rings. The van der Waals surface area contributed by atoms with E-state index in [0.29, 0.717) is 23.5 Å². The summed E-state index contributed by atoms with van der Waals surface area (Å²) in [6.45, 7) is 5.97. The maximum absolute atomic E-state index is 13.1. The molecule has 0 aliphatic carbocycles. The molecule has 3 aromatic rings. The number of rotatable bonds is 7. The van der Waals surface area contributed by atoms with Crippen LogP contribution in [-0.4, -0.2) is 26.8 Å². The van der Waals surface area contributed by atoms with Gasteiger partial charge in [-0.25, -0.2) is 9.07 Å². The summed E-state index contributed by atoms with van der Waals surface area (Å²) in [6.07, 6.45) is 0.448. The van der Waals surface area contributed by atoms with Gasteiger partial charge < -0.3 is 10.6 Å². The zero-order chi connectivity index (χ0) is 21.7. The molecule has 2 amide bonds. The van der Waals surface area contributed by atoms with Gasteiger partial charge in [0.05, 0.1) is 11.4 Å². The van der Waals surface area contributed by atoms with Crippen molar-refractivity contribution in [2.45, 2.75) is 33.7 Å². The molecular weight excluding hydrogens is 385 g/mol. The second-order valence-corrected chi connectivity index (χ2v) is 7.44. The van der Waals surface area contributed by atoms with Gasteiger partial charge >= 0.3 is 0 Å². The number of nitrogens with one attached hydrogen (secondary N) is 2. The van der Waals surface area contributed by atoms with Crippen molar-refractivity contribution >= 4 is 17.5 Å². The Hall–Kier alpha value is -3.55. The van der Waals surface area contributed by atoms with E-state index in [0.717, 1.165) is 5.56 Å². The van der Waals surface area contributed by atoms with Crippen molar-refractivity contribution in [2.75, 3.05) is 5.32 Å². The molecule has 156 valence electrons. The molecule has 0 saturated heterocycles. The minimum absolute atomic E-state index is 0.0424. The van der Waals surface area contributed by atoms with Crippen molar-refractivity contribution in [1.29, 1.82) is 0 Å². The molecule has 2 aromatic carbocycles. The van der Waals surface area contributed by atoms with E-state index in [1.807, 2.05) is 38.1 Å². The molecule has 7 nitrogen and oxygen atoms in total. The van der Waals surface area contributed by atoms with Crippen molar-refractivity contribution in [3.05, 3.63) is 71.3 Å². The molecule has 8 heteroatoms. The Morgan fingerprint density at radius 1 is 1.13 bits per heavy atom. The molecule has 30 heavy (non-hydrogen) atoms. The Balaban J connectivity index is 1.64. The number of carbonyl (C=O) groups is 2. The molecule has 0 aliphatic heterocycles. The monoisotopic (exact) mass is 409 g/mol. The van der Waals surface area contributed by atoms with Crippen molar-refractivity contribution < 1.29 is 14.0 Å². The number of nitrogens with zero attached hydrogens (tertiary/aromatic N) is 3. The second kappa shape index (κ2) is 9.30. The number of halogens is 1. The Labute approximate surface area is 174 Å². The smallest absolute Gasteiger partial charge is 0.274 e. The van der Waals surface area contributed by atoms with Crippen LogP contribution in [0.1, 0.15) is 42.0 Å². The summed E-state index contributed by atoms with van der Waals surface area (Å²) in [5, 5.41) is 13.6. The first kappa shape index (κ1) is 21.2. The van der Waals surface area contributed by atoms with Crippen LogP contribution in [0.5, 0.6) is 0 Å². The third-order valence-corrected chi connectivity index (χ3v) is 4.44. The molecular formula is C22H24FN5O2. The number of carbonyl (C=O) groups excluding carboxylic acids is 2. The van der Waals surface area contributed by atoms with Crippen molar-refractivity contribution in [3.63, 3.8) is 0 Å². The van der Waals surface area contributed by atoms with Crippen molar-refractivity contribution in [2.24, 2.45) is 5.92 Å². The molecule has 0 radical (unpaired) electrons. The Kier molecular flexibility index (Phi) is 6.56. The molecule has 0 fully saturated rings. The van der Waals surface area contributed by atoms with E-state index in [2.05, 4.69) is 20.9 Å². The van der Waals surface area contributed by atoms with Crippen LogP contribution in [0, 0.1) is 18.7 Å². The summed E-state index contributed by atoms with van der Waals surface area (Å²) in [4.78, 5) is 24.5. The predicted octanol–water partition coefficient (Wildman–Crippen LogP) is 3.63. The van der Waals surface area contributed by atoms with Crippen LogP contribution in [-0.2, 0) is 11.3 Å². The Bertz CT molecular complexity index is 1040. The van der Waals surface area contributed by atoms with Crippen LogP contribution < -0.4 is 10.6 Å². The topological polar surface area (TPSA) is 88.9 Å². The molecule has 3 rings (SSSR count). The zero-order valence-electron chi connectivity index (χ0n) is 17.1. The fourth-order valence-corrected chi connectivity index (χ4v) is 2.97. The third-order valence-electron chi connectivity index (χ3n) is 4.44. The van der Waals surface area contributed by atoms with Gasteiger partial charge in [0, 0.05) is 18.7 Å². The minimum atomic E-state index is -0.366. The molecule has 1 aromatic heterocycles. The fourth-order valence-electron chi connectivity index (χ4n) is 2.97. The summed E-state index contributed by atoms with van der Waals surface area (Å²) < 4.78 is 14.6. The fraction of sp³-hybridized carbons (Fsp3) is 0.273. The van der Waals surface area contributed by atoms with E-state index in [-0.39, 0.29) is 35.8 Å². The normalized spacial score (nSPS) is 10.8.